The van der Waals surface area contributed by atoms with E-state index in [1.807, 2.05) is 0 Å². The van der Waals surface area contributed by atoms with Crippen LogP contribution in [0.2, 0.25) is 5.02 Å². The number of halogens is 3. The molecule has 2 aromatic rings. The van der Waals surface area contributed by atoms with Crippen molar-refractivity contribution < 1.29 is 18.3 Å². The molecule has 0 fully saturated rings. The van der Waals surface area contributed by atoms with Gasteiger partial charge in [-0.3, -0.25) is 4.79 Å². The van der Waals surface area contributed by atoms with E-state index in [9.17, 15) is 13.6 Å². The van der Waals surface area contributed by atoms with E-state index in [1.54, 1.807) is 6.07 Å². The molecule has 0 spiro atoms. The molecule has 2 aromatic carbocycles. The van der Waals surface area contributed by atoms with Crippen LogP contribution in [-0.2, 0) is 0 Å². The van der Waals surface area contributed by atoms with Gasteiger partial charge in [-0.15, -0.1) is 0 Å². The van der Waals surface area contributed by atoms with E-state index in [-0.39, 0.29) is 22.1 Å². The summed E-state index contributed by atoms with van der Waals surface area (Å²) in [7, 11) is 0. The molecule has 2 rings (SSSR count). The molecule has 0 saturated carbocycles. The standard InChI is InChI=1S/C13H7ClF2O2/c14-9-4-1-3-8(7-17)13(9)18-11-6-2-5-10(15)12(11)16/h1-7H. The number of hydrogen-bond acceptors (Lipinski definition) is 2. The minimum absolute atomic E-state index is 0.00123. The predicted molar refractivity (Wildman–Crippen MR) is 63.3 cm³/mol. The van der Waals surface area contributed by atoms with Gasteiger partial charge in [0.15, 0.2) is 23.6 Å². The van der Waals surface area contributed by atoms with Crippen LogP contribution in [0.25, 0.3) is 0 Å². The topological polar surface area (TPSA) is 26.3 Å². The Morgan fingerprint density at radius 1 is 1.11 bits per heavy atom. The van der Waals surface area contributed by atoms with Crippen molar-refractivity contribution in [3.8, 4) is 11.5 Å². The Balaban J connectivity index is 2.46. The van der Waals surface area contributed by atoms with Crippen molar-refractivity contribution in [1.29, 1.82) is 0 Å². The Kier molecular flexibility index (Phi) is 3.58. The fourth-order valence-corrected chi connectivity index (χ4v) is 1.62. The van der Waals surface area contributed by atoms with Gasteiger partial charge in [-0.2, -0.15) is 4.39 Å². The number of hydrogen-bond donors (Lipinski definition) is 0. The van der Waals surface area contributed by atoms with Gasteiger partial charge >= 0.3 is 0 Å². The number of rotatable bonds is 3. The maximum Gasteiger partial charge on any atom is 0.201 e. The van der Waals surface area contributed by atoms with E-state index in [4.69, 9.17) is 16.3 Å². The third-order valence-corrected chi connectivity index (χ3v) is 2.55. The summed E-state index contributed by atoms with van der Waals surface area (Å²) in [6.07, 6.45) is 0.526. The molecular weight excluding hydrogens is 262 g/mol. The Labute approximate surface area is 107 Å². The molecule has 0 saturated heterocycles. The zero-order valence-corrected chi connectivity index (χ0v) is 9.75. The van der Waals surface area contributed by atoms with Crippen LogP contribution in [0.3, 0.4) is 0 Å². The molecule has 0 unspecified atom stereocenters. The average molecular weight is 269 g/mol. The second kappa shape index (κ2) is 5.14. The smallest absolute Gasteiger partial charge is 0.201 e. The highest BCUT2D eigenvalue weighted by atomic mass is 35.5. The van der Waals surface area contributed by atoms with Crippen molar-refractivity contribution in [1.82, 2.24) is 0 Å². The first-order valence-electron chi connectivity index (χ1n) is 4.99. The molecular formula is C13H7ClF2O2. The molecule has 0 heterocycles. The number of para-hydroxylation sites is 1. The van der Waals surface area contributed by atoms with Crippen molar-refractivity contribution in [2.75, 3.05) is 0 Å². The lowest BCUT2D eigenvalue weighted by atomic mass is 10.2. The Morgan fingerprint density at radius 3 is 2.56 bits per heavy atom. The first-order chi connectivity index (χ1) is 8.63. The average Bonchev–Trinajstić information content (AvgIpc) is 2.37. The summed E-state index contributed by atoms with van der Waals surface area (Å²) >= 11 is 5.85. The zero-order chi connectivity index (χ0) is 13.1. The molecule has 0 aromatic heterocycles. The Hall–Kier alpha value is -1.94. The first-order valence-corrected chi connectivity index (χ1v) is 5.37. The largest absolute Gasteiger partial charge is 0.452 e. The van der Waals surface area contributed by atoms with Gasteiger partial charge in [0.25, 0.3) is 0 Å². The highest BCUT2D eigenvalue weighted by Gasteiger charge is 2.14. The monoisotopic (exact) mass is 268 g/mol. The van der Waals surface area contributed by atoms with Gasteiger partial charge in [0.2, 0.25) is 5.82 Å². The fraction of sp³-hybridized carbons (Fsp3) is 0. The molecule has 0 radical (unpaired) electrons. The summed E-state index contributed by atoms with van der Waals surface area (Å²) < 4.78 is 31.6. The van der Waals surface area contributed by atoms with Crippen LogP contribution >= 0.6 is 11.6 Å². The third-order valence-electron chi connectivity index (χ3n) is 2.25. The van der Waals surface area contributed by atoms with E-state index in [0.29, 0.717) is 6.29 Å². The maximum atomic E-state index is 13.4. The molecule has 0 bridgehead atoms. The summed E-state index contributed by atoms with van der Waals surface area (Å²) in [5.74, 6) is -2.49. The molecule has 0 aliphatic carbocycles. The normalized spacial score (nSPS) is 10.2. The molecule has 0 amide bonds. The number of aldehydes is 1. The van der Waals surface area contributed by atoms with E-state index in [2.05, 4.69) is 0 Å². The van der Waals surface area contributed by atoms with Gasteiger partial charge in [0.05, 0.1) is 10.6 Å². The van der Waals surface area contributed by atoms with Crippen molar-refractivity contribution in [3.63, 3.8) is 0 Å². The lowest BCUT2D eigenvalue weighted by Gasteiger charge is -2.10. The van der Waals surface area contributed by atoms with Gasteiger partial charge in [-0.05, 0) is 24.3 Å². The zero-order valence-electron chi connectivity index (χ0n) is 8.99. The Bertz CT molecular complexity index is 600. The molecule has 0 aliphatic heterocycles. The van der Waals surface area contributed by atoms with Crippen molar-refractivity contribution in [2.24, 2.45) is 0 Å². The summed E-state index contributed by atoms with van der Waals surface area (Å²) in [4.78, 5) is 10.8. The van der Waals surface area contributed by atoms with Gasteiger partial charge in [0.1, 0.15) is 0 Å². The highest BCUT2D eigenvalue weighted by Crippen LogP contribution is 2.33. The van der Waals surface area contributed by atoms with Crippen LogP contribution in [0, 0.1) is 11.6 Å². The quantitative estimate of drug-likeness (QED) is 0.779. The van der Waals surface area contributed by atoms with Crippen LogP contribution in [0.1, 0.15) is 10.4 Å². The molecule has 0 N–H and O–H groups in total. The predicted octanol–water partition coefficient (Wildman–Crippen LogP) is 4.22. The van der Waals surface area contributed by atoms with Crippen LogP contribution in [-0.4, -0.2) is 6.29 Å². The first kappa shape index (κ1) is 12.5. The van der Waals surface area contributed by atoms with Gasteiger partial charge < -0.3 is 4.74 Å². The SMILES string of the molecule is O=Cc1cccc(Cl)c1Oc1cccc(F)c1F. The van der Waals surface area contributed by atoms with Crippen LogP contribution in [0.15, 0.2) is 36.4 Å². The van der Waals surface area contributed by atoms with Crippen molar-refractivity contribution in [3.05, 3.63) is 58.6 Å². The second-order valence-corrected chi connectivity index (χ2v) is 3.84. The molecule has 0 atom stereocenters. The minimum atomic E-state index is -1.13. The number of ether oxygens (including phenoxy) is 1. The third kappa shape index (κ3) is 2.33. The lowest BCUT2D eigenvalue weighted by molar-refractivity contribution is 0.112. The molecule has 92 valence electrons. The van der Waals surface area contributed by atoms with E-state index >= 15 is 0 Å². The maximum absolute atomic E-state index is 13.4. The van der Waals surface area contributed by atoms with Crippen molar-refractivity contribution >= 4 is 17.9 Å². The van der Waals surface area contributed by atoms with E-state index < -0.39 is 11.6 Å². The lowest BCUT2D eigenvalue weighted by Crippen LogP contribution is -1.95. The summed E-state index contributed by atoms with van der Waals surface area (Å²) in [6, 6.07) is 8.02. The molecule has 2 nitrogen and oxygen atoms in total. The van der Waals surface area contributed by atoms with Crippen LogP contribution < -0.4 is 4.74 Å². The van der Waals surface area contributed by atoms with Crippen LogP contribution in [0.5, 0.6) is 11.5 Å². The molecule has 18 heavy (non-hydrogen) atoms. The fourth-order valence-electron chi connectivity index (χ4n) is 1.40. The summed E-state index contributed by atoms with van der Waals surface area (Å²) in [6.45, 7) is 0. The van der Waals surface area contributed by atoms with Crippen molar-refractivity contribution in [2.45, 2.75) is 0 Å². The van der Waals surface area contributed by atoms with Crippen LogP contribution in [0.4, 0.5) is 8.78 Å². The van der Waals surface area contributed by atoms with Gasteiger partial charge in [-0.25, -0.2) is 4.39 Å². The van der Waals surface area contributed by atoms with Gasteiger partial charge in [0, 0.05) is 0 Å². The molecule has 5 heteroatoms. The minimum Gasteiger partial charge on any atom is -0.452 e. The summed E-state index contributed by atoms with van der Waals surface area (Å²) in [5, 5.41) is 0.142. The van der Waals surface area contributed by atoms with E-state index in [0.717, 1.165) is 6.07 Å². The summed E-state index contributed by atoms with van der Waals surface area (Å²) in [5.41, 5.74) is 0.158. The second-order valence-electron chi connectivity index (χ2n) is 3.43. The number of benzene rings is 2. The Morgan fingerprint density at radius 2 is 1.83 bits per heavy atom. The van der Waals surface area contributed by atoms with E-state index in [1.165, 1.54) is 24.3 Å². The number of carbonyl (C=O) groups is 1. The number of carbonyl (C=O) groups excluding carboxylic acids is 1. The highest BCUT2D eigenvalue weighted by molar-refractivity contribution is 6.32. The van der Waals surface area contributed by atoms with Gasteiger partial charge in [-0.1, -0.05) is 23.7 Å². The molecule has 0 aliphatic rings.